The first-order valence-electron chi connectivity index (χ1n) is 7.27. The molecule has 1 unspecified atom stereocenters. The fraction of sp³-hybridized carbons (Fsp3) is 0.105. The Balaban J connectivity index is 2.07. The SMILES string of the molecule is CC1=C(Sc2ccccc2)C(c2ccccc2)C(C#N)=C(N)O1. The molecule has 1 aliphatic heterocycles. The Labute approximate surface area is 140 Å². The normalized spacial score (nSPS) is 17.7. The van der Waals surface area contributed by atoms with Crippen LogP contribution in [0, 0.1) is 11.3 Å². The molecule has 0 fully saturated rings. The van der Waals surface area contributed by atoms with Gasteiger partial charge in [0.25, 0.3) is 0 Å². The van der Waals surface area contributed by atoms with Crippen molar-refractivity contribution in [1.82, 2.24) is 0 Å². The molecule has 0 radical (unpaired) electrons. The lowest BCUT2D eigenvalue weighted by Gasteiger charge is -2.27. The van der Waals surface area contributed by atoms with E-state index in [0.29, 0.717) is 5.57 Å². The molecule has 1 heterocycles. The zero-order valence-corrected chi connectivity index (χ0v) is 13.5. The van der Waals surface area contributed by atoms with Gasteiger partial charge in [-0.2, -0.15) is 5.26 Å². The molecular formula is C19H16N2OS. The van der Waals surface area contributed by atoms with Crippen molar-refractivity contribution in [2.45, 2.75) is 17.7 Å². The molecule has 1 aliphatic rings. The van der Waals surface area contributed by atoms with E-state index in [-0.39, 0.29) is 11.8 Å². The van der Waals surface area contributed by atoms with E-state index in [1.807, 2.05) is 67.6 Å². The Morgan fingerprint density at radius 2 is 1.65 bits per heavy atom. The summed E-state index contributed by atoms with van der Waals surface area (Å²) in [5, 5.41) is 9.56. The summed E-state index contributed by atoms with van der Waals surface area (Å²) in [5.74, 6) is 0.737. The Hall–Kier alpha value is -2.64. The van der Waals surface area contributed by atoms with Gasteiger partial charge in [0.1, 0.15) is 17.4 Å². The standard InChI is InChI=1S/C19H16N2OS/c1-13-18(23-15-10-6-3-7-11-15)17(14-8-4-2-5-9-14)16(12-20)19(21)22-13/h2-11,17H,21H2,1H3. The summed E-state index contributed by atoms with van der Waals surface area (Å²) in [5.41, 5.74) is 7.45. The van der Waals surface area contributed by atoms with Crippen LogP contribution in [0.2, 0.25) is 0 Å². The predicted octanol–water partition coefficient (Wildman–Crippen LogP) is 4.52. The number of thioether (sulfide) groups is 1. The third kappa shape index (κ3) is 3.10. The van der Waals surface area contributed by atoms with Crippen molar-refractivity contribution in [3.63, 3.8) is 0 Å². The number of allylic oxidation sites excluding steroid dienone is 3. The van der Waals surface area contributed by atoms with E-state index in [9.17, 15) is 5.26 Å². The third-order valence-electron chi connectivity index (χ3n) is 3.65. The first-order chi connectivity index (χ1) is 11.2. The highest BCUT2D eigenvalue weighted by Gasteiger charge is 2.31. The maximum absolute atomic E-state index is 9.56. The number of hydrogen-bond acceptors (Lipinski definition) is 4. The number of hydrogen-bond donors (Lipinski definition) is 1. The lowest BCUT2D eigenvalue weighted by Crippen LogP contribution is -2.18. The lowest BCUT2D eigenvalue weighted by atomic mass is 9.90. The zero-order chi connectivity index (χ0) is 16.2. The van der Waals surface area contributed by atoms with Crippen LogP contribution < -0.4 is 5.73 Å². The Kier molecular flexibility index (Phi) is 4.40. The molecule has 0 saturated carbocycles. The van der Waals surface area contributed by atoms with Gasteiger partial charge in [-0.3, -0.25) is 0 Å². The van der Waals surface area contributed by atoms with Crippen LogP contribution in [-0.4, -0.2) is 0 Å². The maximum Gasteiger partial charge on any atom is 0.205 e. The number of nitrogens with two attached hydrogens (primary N) is 1. The van der Waals surface area contributed by atoms with Gasteiger partial charge < -0.3 is 10.5 Å². The molecule has 114 valence electrons. The first-order valence-corrected chi connectivity index (χ1v) is 8.08. The highest BCUT2D eigenvalue weighted by molar-refractivity contribution is 8.03. The molecule has 2 N–H and O–H groups in total. The minimum absolute atomic E-state index is 0.191. The zero-order valence-electron chi connectivity index (χ0n) is 12.7. The molecule has 0 spiro atoms. The van der Waals surface area contributed by atoms with E-state index in [0.717, 1.165) is 21.1 Å². The summed E-state index contributed by atoms with van der Waals surface area (Å²) in [6, 6.07) is 22.2. The van der Waals surface area contributed by atoms with E-state index in [2.05, 4.69) is 6.07 Å². The van der Waals surface area contributed by atoms with Gasteiger partial charge >= 0.3 is 0 Å². The largest absolute Gasteiger partial charge is 0.444 e. The van der Waals surface area contributed by atoms with Gasteiger partial charge in [-0.1, -0.05) is 60.3 Å². The molecule has 0 saturated heterocycles. The van der Waals surface area contributed by atoms with Crippen molar-refractivity contribution in [2.24, 2.45) is 5.73 Å². The number of nitrogens with zero attached hydrogens (tertiary/aromatic N) is 1. The van der Waals surface area contributed by atoms with E-state index >= 15 is 0 Å². The van der Waals surface area contributed by atoms with Crippen LogP contribution >= 0.6 is 11.8 Å². The van der Waals surface area contributed by atoms with Crippen molar-refractivity contribution in [3.8, 4) is 6.07 Å². The smallest absolute Gasteiger partial charge is 0.205 e. The fourth-order valence-corrected chi connectivity index (χ4v) is 3.68. The number of benzene rings is 2. The number of ether oxygens (including phenoxy) is 1. The van der Waals surface area contributed by atoms with Crippen LogP contribution in [0.1, 0.15) is 18.4 Å². The van der Waals surface area contributed by atoms with Crippen LogP contribution in [-0.2, 0) is 4.74 Å². The molecule has 0 aliphatic carbocycles. The molecular weight excluding hydrogens is 304 g/mol. The minimum atomic E-state index is -0.194. The van der Waals surface area contributed by atoms with Gasteiger partial charge in [0.15, 0.2) is 0 Å². The molecule has 3 nitrogen and oxygen atoms in total. The molecule has 0 bridgehead atoms. The Morgan fingerprint density at radius 3 is 2.26 bits per heavy atom. The Morgan fingerprint density at radius 1 is 1.04 bits per heavy atom. The summed E-state index contributed by atoms with van der Waals surface area (Å²) < 4.78 is 5.62. The topological polar surface area (TPSA) is 59.0 Å². The minimum Gasteiger partial charge on any atom is -0.444 e. The first kappa shape index (κ1) is 15.3. The summed E-state index contributed by atoms with van der Waals surface area (Å²) in [7, 11) is 0. The average molecular weight is 320 g/mol. The van der Waals surface area contributed by atoms with Gasteiger partial charge in [0.05, 0.1) is 5.92 Å². The van der Waals surface area contributed by atoms with E-state index in [1.54, 1.807) is 11.8 Å². The summed E-state index contributed by atoms with van der Waals surface area (Å²) in [6.45, 7) is 1.89. The maximum atomic E-state index is 9.56. The molecule has 23 heavy (non-hydrogen) atoms. The van der Waals surface area contributed by atoms with Crippen LogP contribution in [0.3, 0.4) is 0 Å². The van der Waals surface area contributed by atoms with Crippen LogP contribution in [0.15, 0.2) is 87.7 Å². The van der Waals surface area contributed by atoms with Crippen LogP contribution in [0.25, 0.3) is 0 Å². The number of rotatable bonds is 3. The highest BCUT2D eigenvalue weighted by Crippen LogP contribution is 2.46. The summed E-state index contributed by atoms with van der Waals surface area (Å²) in [6.07, 6.45) is 0. The van der Waals surface area contributed by atoms with Crippen molar-refractivity contribution in [3.05, 3.63) is 88.3 Å². The monoisotopic (exact) mass is 320 g/mol. The molecule has 3 rings (SSSR count). The quantitative estimate of drug-likeness (QED) is 0.903. The van der Waals surface area contributed by atoms with Gasteiger partial charge in [0.2, 0.25) is 5.88 Å². The molecule has 2 aromatic carbocycles. The summed E-state index contributed by atoms with van der Waals surface area (Å²) in [4.78, 5) is 2.09. The second kappa shape index (κ2) is 6.64. The molecule has 0 aromatic heterocycles. The summed E-state index contributed by atoms with van der Waals surface area (Å²) >= 11 is 1.61. The van der Waals surface area contributed by atoms with E-state index in [1.165, 1.54) is 0 Å². The van der Waals surface area contributed by atoms with Gasteiger partial charge in [-0.05, 0) is 24.6 Å². The lowest BCUT2D eigenvalue weighted by molar-refractivity contribution is 0.285. The highest BCUT2D eigenvalue weighted by atomic mass is 32.2. The van der Waals surface area contributed by atoms with Gasteiger partial charge in [-0.15, -0.1) is 0 Å². The van der Waals surface area contributed by atoms with Crippen molar-refractivity contribution >= 4 is 11.8 Å². The van der Waals surface area contributed by atoms with Gasteiger partial charge in [0, 0.05) is 9.80 Å². The fourth-order valence-electron chi connectivity index (χ4n) is 2.58. The molecule has 4 heteroatoms. The van der Waals surface area contributed by atoms with Crippen molar-refractivity contribution in [1.29, 1.82) is 5.26 Å². The van der Waals surface area contributed by atoms with Crippen molar-refractivity contribution in [2.75, 3.05) is 0 Å². The molecule has 2 aromatic rings. The predicted molar refractivity (Wildman–Crippen MR) is 92.1 cm³/mol. The van der Waals surface area contributed by atoms with Crippen LogP contribution in [0.5, 0.6) is 0 Å². The second-order valence-electron chi connectivity index (χ2n) is 5.17. The third-order valence-corrected chi connectivity index (χ3v) is 4.90. The van der Waals surface area contributed by atoms with Crippen LogP contribution in [0.4, 0.5) is 0 Å². The number of nitriles is 1. The van der Waals surface area contributed by atoms with Crippen molar-refractivity contribution < 1.29 is 4.74 Å². The average Bonchev–Trinajstić information content (AvgIpc) is 2.58. The molecule has 0 amide bonds. The van der Waals surface area contributed by atoms with E-state index in [4.69, 9.17) is 10.5 Å². The second-order valence-corrected chi connectivity index (χ2v) is 6.29. The van der Waals surface area contributed by atoms with E-state index < -0.39 is 0 Å². The Bertz CT molecular complexity index is 804. The van der Waals surface area contributed by atoms with Gasteiger partial charge in [-0.25, -0.2) is 0 Å². The molecule has 1 atom stereocenters.